The topological polar surface area (TPSA) is 19.9 Å². The molecule has 0 spiro atoms. The van der Waals surface area contributed by atoms with E-state index in [1.165, 1.54) is 32.1 Å². The molecular weight excluding hydrogens is 100 g/mol. The van der Waals surface area contributed by atoms with Gasteiger partial charge in [-0.25, -0.2) is 5.11 Å². The fourth-order valence-electron chi connectivity index (χ4n) is 1.35. The smallest absolute Gasteiger partial charge is 0.0850 e. The second kappa shape index (κ2) is 3.08. The second-order valence-electron chi connectivity index (χ2n) is 2.67. The van der Waals surface area contributed by atoms with Crippen LogP contribution in [0.5, 0.6) is 0 Å². The zero-order valence-corrected chi connectivity index (χ0v) is 5.23. The van der Waals surface area contributed by atoms with Crippen LogP contribution in [0.3, 0.4) is 0 Å². The molecule has 0 atom stereocenters. The predicted molar refractivity (Wildman–Crippen MR) is 32.1 cm³/mol. The highest BCUT2D eigenvalue weighted by Gasteiger charge is 2.11. The Labute approximate surface area is 50.7 Å². The van der Waals surface area contributed by atoms with Gasteiger partial charge in [-0.3, -0.25) is 0 Å². The van der Waals surface area contributed by atoms with Crippen molar-refractivity contribution in [1.29, 1.82) is 0 Å². The fraction of sp³-hybridized carbons (Fsp3) is 1.00. The average Bonchev–Trinajstić information content (AvgIpc) is 1.90. The average molecular weight is 113 g/mol. The van der Waals surface area contributed by atoms with E-state index in [9.17, 15) is 5.11 Å². The van der Waals surface area contributed by atoms with E-state index in [0.29, 0.717) is 5.92 Å². The lowest BCUT2D eigenvalue weighted by Gasteiger charge is -2.17. The normalized spacial score (nSPS) is 23.6. The van der Waals surface area contributed by atoms with Gasteiger partial charge in [-0.15, -0.1) is 0 Å². The number of hydrogen-bond acceptors (Lipinski definition) is 0. The summed E-state index contributed by atoms with van der Waals surface area (Å²) in [7, 11) is 0. The van der Waals surface area contributed by atoms with E-state index in [4.69, 9.17) is 0 Å². The van der Waals surface area contributed by atoms with Gasteiger partial charge >= 0.3 is 0 Å². The van der Waals surface area contributed by atoms with Crippen molar-refractivity contribution in [1.82, 2.24) is 0 Å². The maximum atomic E-state index is 10.3. The van der Waals surface area contributed by atoms with Gasteiger partial charge in [-0.1, -0.05) is 19.3 Å². The van der Waals surface area contributed by atoms with E-state index < -0.39 is 0 Å². The van der Waals surface area contributed by atoms with E-state index in [2.05, 4.69) is 0 Å². The Morgan fingerprint density at radius 3 is 2.12 bits per heavy atom. The first-order chi connectivity index (χ1) is 3.93. The highest BCUT2D eigenvalue weighted by molar-refractivity contribution is 4.63. The first-order valence-electron chi connectivity index (χ1n) is 3.51. The van der Waals surface area contributed by atoms with Crippen LogP contribution in [0.4, 0.5) is 0 Å². The van der Waals surface area contributed by atoms with Crippen LogP contribution in [-0.4, -0.2) is 6.61 Å². The van der Waals surface area contributed by atoms with Crippen LogP contribution in [0.25, 0.3) is 0 Å². The van der Waals surface area contributed by atoms with Crippen LogP contribution in [0.1, 0.15) is 32.1 Å². The van der Waals surface area contributed by atoms with Crippen molar-refractivity contribution >= 4 is 0 Å². The highest BCUT2D eigenvalue weighted by Crippen LogP contribution is 2.22. The Morgan fingerprint density at radius 1 is 1.12 bits per heavy atom. The third-order valence-corrected chi connectivity index (χ3v) is 1.96. The zero-order chi connectivity index (χ0) is 5.82. The quantitative estimate of drug-likeness (QED) is 0.495. The summed E-state index contributed by atoms with van der Waals surface area (Å²) in [6.45, 7) is 0.167. The molecule has 1 aliphatic rings. The third-order valence-electron chi connectivity index (χ3n) is 1.96. The minimum atomic E-state index is 0.167. The molecule has 0 aromatic carbocycles. The van der Waals surface area contributed by atoms with Gasteiger partial charge < -0.3 is 0 Å². The summed E-state index contributed by atoms with van der Waals surface area (Å²) in [5.74, 6) is 0.531. The van der Waals surface area contributed by atoms with Crippen LogP contribution in [0.2, 0.25) is 0 Å². The molecule has 0 unspecified atom stereocenters. The number of rotatable bonds is 1. The monoisotopic (exact) mass is 113 g/mol. The molecule has 1 saturated carbocycles. The minimum Gasteiger partial charge on any atom is -0.236 e. The van der Waals surface area contributed by atoms with Crippen LogP contribution in [0.15, 0.2) is 0 Å². The number of hydrogen-bond donors (Lipinski definition) is 0. The van der Waals surface area contributed by atoms with Crippen molar-refractivity contribution < 1.29 is 5.11 Å². The van der Waals surface area contributed by atoms with Gasteiger partial charge in [0.2, 0.25) is 0 Å². The highest BCUT2D eigenvalue weighted by atomic mass is 16.3. The van der Waals surface area contributed by atoms with Gasteiger partial charge in [0.25, 0.3) is 0 Å². The maximum Gasteiger partial charge on any atom is 0.0850 e. The summed E-state index contributed by atoms with van der Waals surface area (Å²) in [5.41, 5.74) is 0. The fourth-order valence-corrected chi connectivity index (χ4v) is 1.35. The third kappa shape index (κ3) is 1.48. The van der Waals surface area contributed by atoms with Crippen molar-refractivity contribution in [2.45, 2.75) is 32.1 Å². The van der Waals surface area contributed by atoms with Gasteiger partial charge in [0.1, 0.15) is 0 Å². The van der Waals surface area contributed by atoms with Crippen molar-refractivity contribution in [3.8, 4) is 0 Å². The Kier molecular flexibility index (Phi) is 2.34. The molecule has 1 aliphatic carbocycles. The molecule has 0 aliphatic heterocycles. The van der Waals surface area contributed by atoms with E-state index in [-0.39, 0.29) is 6.61 Å². The Hall–Kier alpha value is -0.0400. The lowest BCUT2D eigenvalue weighted by Crippen LogP contribution is -2.08. The van der Waals surface area contributed by atoms with Crippen molar-refractivity contribution in [3.63, 3.8) is 0 Å². The largest absolute Gasteiger partial charge is 0.236 e. The van der Waals surface area contributed by atoms with Crippen LogP contribution in [-0.2, 0) is 5.11 Å². The molecule has 1 nitrogen and oxygen atoms in total. The molecule has 47 valence electrons. The first-order valence-corrected chi connectivity index (χ1v) is 3.51. The van der Waals surface area contributed by atoms with Crippen LogP contribution in [0, 0.1) is 5.92 Å². The first kappa shape index (κ1) is 6.09. The Morgan fingerprint density at radius 2 is 1.75 bits per heavy atom. The van der Waals surface area contributed by atoms with Crippen molar-refractivity contribution in [2.75, 3.05) is 6.61 Å². The SMILES string of the molecule is [O]CC1CCCCC1. The molecule has 0 aromatic heterocycles. The summed E-state index contributed by atoms with van der Waals surface area (Å²) < 4.78 is 0. The molecule has 1 radical (unpaired) electrons. The molecule has 0 amide bonds. The zero-order valence-electron chi connectivity index (χ0n) is 5.23. The molecule has 1 heteroatoms. The van der Waals surface area contributed by atoms with E-state index in [0.717, 1.165) is 0 Å². The Bertz CT molecular complexity index is 55.4. The summed E-state index contributed by atoms with van der Waals surface area (Å²) in [4.78, 5) is 0. The molecule has 1 fully saturated rings. The van der Waals surface area contributed by atoms with Gasteiger partial charge in [0.15, 0.2) is 0 Å². The molecule has 0 aromatic rings. The minimum absolute atomic E-state index is 0.167. The molecular formula is C7H13O. The standard InChI is InChI=1S/C7H13O/c8-6-7-4-2-1-3-5-7/h7H,1-6H2. The molecule has 1 rings (SSSR count). The van der Waals surface area contributed by atoms with Gasteiger partial charge in [0, 0.05) is 0 Å². The van der Waals surface area contributed by atoms with Gasteiger partial charge in [0.05, 0.1) is 6.61 Å². The molecule has 0 bridgehead atoms. The molecule has 0 saturated heterocycles. The van der Waals surface area contributed by atoms with Crippen LogP contribution >= 0.6 is 0 Å². The summed E-state index contributed by atoms with van der Waals surface area (Å²) in [6, 6.07) is 0. The summed E-state index contributed by atoms with van der Waals surface area (Å²) >= 11 is 0. The molecule has 0 N–H and O–H groups in total. The van der Waals surface area contributed by atoms with Gasteiger partial charge in [-0.2, -0.15) is 0 Å². The summed E-state index contributed by atoms with van der Waals surface area (Å²) in [5, 5.41) is 10.3. The van der Waals surface area contributed by atoms with E-state index >= 15 is 0 Å². The van der Waals surface area contributed by atoms with Crippen molar-refractivity contribution in [2.24, 2.45) is 5.92 Å². The lowest BCUT2D eigenvalue weighted by molar-refractivity contribution is 0.122. The second-order valence-corrected chi connectivity index (χ2v) is 2.67. The lowest BCUT2D eigenvalue weighted by atomic mass is 9.90. The predicted octanol–water partition coefficient (Wildman–Crippen LogP) is 2.00. The summed E-state index contributed by atoms with van der Waals surface area (Å²) in [6.07, 6.45) is 6.35. The van der Waals surface area contributed by atoms with E-state index in [1.54, 1.807) is 0 Å². The van der Waals surface area contributed by atoms with Crippen molar-refractivity contribution in [3.05, 3.63) is 0 Å². The molecule has 0 heterocycles. The van der Waals surface area contributed by atoms with Gasteiger partial charge in [-0.05, 0) is 18.8 Å². The Balaban J connectivity index is 2.13. The molecule has 8 heavy (non-hydrogen) atoms. The maximum absolute atomic E-state index is 10.3. The van der Waals surface area contributed by atoms with Crippen LogP contribution < -0.4 is 0 Å². The van der Waals surface area contributed by atoms with E-state index in [1.807, 2.05) is 0 Å².